The Morgan fingerprint density at radius 3 is 2.69 bits per heavy atom. The fourth-order valence-electron chi connectivity index (χ4n) is 2.49. The molecule has 0 radical (unpaired) electrons. The van der Waals surface area contributed by atoms with E-state index in [0.717, 1.165) is 24.9 Å². The van der Waals surface area contributed by atoms with Gasteiger partial charge >= 0.3 is 0 Å². The third kappa shape index (κ3) is 2.03. The molecule has 0 aromatic carbocycles. The summed E-state index contributed by atoms with van der Waals surface area (Å²) >= 11 is 0. The van der Waals surface area contributed by atoms with Crippen molar-refractivity contribution in [2.75, 3.05) is 33.2 Å². The average Bonchev–Trinajstić information content (AvgIpc) is 2.01. The van der Waals surface area contributed by atoms with Crippen LogP contribution in [0.4, 0.5) is 0 Å². The van der Waals surface area contributed by atoms with E-state index < -0.39 is 0 Å². The summed E-state index contributed by atoms with van der Waals surface area (Å²) in [6, 6.07) is 0.434. The lowest BCUT2D eigenvalue weighted by Gasteiger charge is -2.40. The van der Waals surface area contributed by atoms with Gasteiger partial charge in [0.2, 0.25) is 0 Å². The monoisotopic (exact) mass is 183 g/mol. The van der Waals surface area contributed by atoms with Gasteiger partial charge in [-0.05, 0) is 38.3 Å². The van der Waals surface area contributed by atoms with Crippen molar-refractivity contribution < 1.29 is 0 Å². The van der Waals surface area contributed by atoms with E-state index >= 15 is 0 Å². The molecule has 2 aliphatic heterocycles. The zero-order valence-corrected chi connectivity index (χ0v) is 8.50. The SMILES string of the molecule is CN1CCCC(C(N)C2CNC2)C1. The second-order valence-corrected chi connectivity index (χ2v) is 4.66. The Bertz CT molecular complexity index is 168. The maximum atomic E-state index is 6.25. The minimum absolute atomic E-state index is 0.434. The number of nitrogens with two attached hydrogens (primary N) is 1. The maximum absolute atomic E-state index is 6.25. The lowest BCUT2D eigenvalue weighted by atomic mass is 9.81. The summed E-state index contributed by atoms with van der Waals surface area (Å²) in [6.07, 6.45) is 2.66. The molecular weight excluding hydrogens is 162 g/mol. The summed E-state index contributed by atoms with van der Waals surface area (Å²) in [4.78, 5) is 2.42. The molecule has 2 aliphatic rings. The Morgan fingerprint density at radius 1 is 1.38 bits per heavy atom. The number of hydrogen-bond acceptors (Lipinski definition) is 3. The molecule has 2 rings (SSSR count). The quantitative estimate of drug-likeness (QED) is 0.627. The molecule has 2 fully saturated rings. The Kier molecular flexibility index (Phi) is 2.86. The van der Waals surface area contributed by atoms with Crippen LogP contribution in [0.3, 0.4) is 0 Å². The minimum atomic E-state index is 0.434. The van der Waals surface area contributed by atoms with Gasteiger partial charge in [-0.1, -0.05) is 0 Å². The molecule has 2 atom stereocenters. The summed E-state index contributed by atoms with van der Waals surface area (Å²) in [5.41, 5.74) is 6.25. The first kappa shape index (κ1) is 9.44. The Morgan fingerprint density at radius 2 is 2.15 bits per heavy atom. The number of likely N-dealkylation sites (tertiary alicyclic amines) is 1. The Labute approximate surface area is 80.7 Å². The van der Waals surface area contributed by atoms with Crippen LogP contribution >= 0.6 is 0 Å². The first-order valence-corrected chi connectivity index (χ1v) is 5.42. The van der Waals surface area contributed by atoms with Gasteiger partial charge in [-0.15, -0.1) is 0 Å². The van der Waals surface area contributed by atoms with Gasteiger partial charge in [0.1, 0.15) is 0 Å². The van der Waals surface area contributed by atoms with Gasteiger partial charge in [-0.2, -0.15) is 0 Å². The van der Waals surface area contributed by atoms with E-state index in [4.69, 9.17) is 5.73 Å². The smallest absolute Gasteiger partial charge is 0.0132 e. The second kappa shape index (κ2) is 3.95. The van der Waals surface area contributed by atoms with Crippen LogP contribution in [0.25, 0.3) is 0 Å². The molecule has 0 saturated carbocycles. The van der Waals surface area contributed by atoms with Crippen LogP contribution in [0.15, 0.2) is 0 Å². The summed E-state index contributed by atoms with van der Waals surface area (Å²) in [6.45, 7) is 4.74. The molecule has 13 heavy (non-hydrogen) atoms. The molecule has 2 saturated heterocycles. The van der Waals surface area contributed by atoms with E-state index in [1.807, 2.05) is 0 Å². The predicted molar refractivity (Wildman–Crippen MR) is 54.6 cm³/mol. The molecule has 0 aromatic heterocycles. The van der Waals surface area contributed by atoms with Crippen LogP contribution in [0.5, 0.6) is 0 Å². The second-order valence-electron chi connectivity index (χ2n) is 4.66. The van der Waals surface area contributed by atoms with Crippen molar-refractivity contribution in [1.29, 1.82) is 0 Å². The van der Waals surface area contributed by atoms with Crippen molar-refractivity contribution in [3.63, 3.8) is 0 Å². The van der Waals surface area contributed by atoms with Gasteiger partial charge in [0, 0.05) is 25.7 Å². The van der Waals surface area contributed by atoms with E-state index in [2.05, 4.69) is 17.3 Å². The molecule has 0 bridgehead atoms. The van der Waals surface area contributed by atoms with Crippen LogP contribution in [0, 0.1) is 11.8 Å². The highest BCUT2D eigenvalue weighted by Crippen LogP contribution is 2.23. The zero-order valence-electron chi connectivity index (χ0n) is 8.50. The van der Waals surface area contributed by atoms with E-state index in [1.165, 1.54) is 25.9 Å². The van der Waals surface area contributed by atoms with Crippen LogP contribution in [0.2, 0.25) is 0 Å². The highest BCUT2D eigenvalue weighted by Gasteiger charge is 2.31. The fraction of sp³-hybridized carbons (Fsp3) is 1.00. The normalized spacial score (nSPS) is 34.2. The highest BCUT2D eigenvalue weighted by molar-refractivity contribution is 4.90. The molecular formula is C10H21N3. The fourth-order valence-corrected chi connectivity index (χ4v) is 2.49. The molecule has 0 amide bonds. The molecule has 3 nitrogen and oxygen atoms in total. The lowest BCUT2D eigenvalue weighted by molar-refractivity contribution is 0.142. The van der Waals surface area contributed by atoms with Crippen molar-refractivity contribution in [2.24, 2.45) is 17.6 Å². The molecule has 76 valence electrons. The van der Waals surface area contributed by atoms with Crippen molar-refractivity contribution in [3.8, 4) is 0 Å². The van der Waals surface area contributed by atoms with Gasteiger partial charge in [0.25, 0.3) is 0 Å². The summed E-state index contributed by atoms with van der Waals surface area (Å²) in [5, 5.41) is 3.30. The number of hydrogen-bond donors (Lipinski definition) is 2. The third-order valence-electron chi connectivity index (χ3n) is 3.56. The molecule has 0 aliphatic carbocycles. The van der Waals surface area contributed by atoms with Gasteiger partial charge in [0.15, 0.2) is 0 Å². The summed E-state index contributed by atoms with van der Waals surface area (Å²) < 4.78 is 0. The number of piperidine rings is 1. The summed E-state index contributed by atoms with van der Waals surface area (Å²) in [7, 11) is 2.21. The maximum Gasteiger partial charge on any atom is 0.0132 e. The topological polar surface area (TPSA) is 41.3 Å². The average molecular weight is 183 g/mol. The molecule has 0 spiro atoms. The van der Waals surface area contributed by atoms with Crippen molar-refractivity contribution in [2.45, 2.75) is 18.9 Å². The number of nitrogens with one attached hydrogen (secondary N) is 1. The summed E-state index contributed by atoms with van der Waals surface area (Å²) in [5.74, 6) is 1.49. The van der Waals surface area contributed by atoms with E-state index in [0.29, 0.717) is 6.04 Å². The molecule has 2 unspecified atom stereocenters. The van der Waals surface area contributed by atoms with E-state index in [-0.39, 0.29) is 0 Å². The van der Waals surface area contributed by atoms with E-state index in [1.54, 1.807) is 0 Å². The standard InChI is InChI=1S/C10H21N3/c1-13-4-2-3-8(7-13)10(11)9-5-12-6-9/h8-10,12H,2-7,11H2,1H3. The highest BCUT2D eigenvalue weighted by atomic mass is 15.1. The Hall–Kier alpha value is -0.120. The molecule has 0 aromatic rings. The predicted octanol–water partition coefficient (Wildman–Crippen LogP) is -0.125. The van der Waals surface area contributed by atoms with Crippen molar-refractivity contribution in [1.82, 2.24) is 10.2 Å². The molecule has 3 heteroatoms. The van der Waals surface area contributed by atoms with Crippen LogP contribution in [-0.4, -0.2) is 44.2 Å². The lowest BCUT2D eigenvalue weighted by Crippen LogP contribution is -2.56. The van der Waals surface area contributed by atoms with E-state index in [9.17, 15) is 0 Å². The van der Waals surface area contributed by atoms with Crippen LogP contribution in [-0.2, 0) is 0 Å². The van der Waals surface area contributed by atoms with Gasteiger partial charge in [-0.25, -0.2) is 0 Å². The van der Waals surface area contributed by atoms with Gasteiger partial charge in [-0.3, -0.25) is 0 Å². The molecule has 2 heterocycles. The first-order valence-electron chi connectivity index (χ1n) is 5.42. The third-order valence-corrected chi connectivity index (χ3v) is 3.56. The van der Waals surface area contributed by atoms with Crippen molar-refractivity contribution in [3.05, 3.63) is 0 Å². The number of rotatable bonds is 2. The Balaban J connectivity index is 1.83. The van der Waals surface area contributed by atoms with Crippen LogP contribution in [0.1, 0.15) is 12.8 Å². The van der Waals surface area contributed by atoms with Crippen molar-refractivity contribution >= 4 is 0 Å². The van der Waals surface area contributed by atoms with Gasteiger partial charge < -0.3 is 16.0 Å². The first-order chi connectivity index (χ1) is 6.27. The van der Waals surface area contributed by atoms with Crippen LogP contribution < -0.4 is 11.1 Å². The largest absolute Gasteiger partial charge is 0.327 e. The number of nitrogens with zero attached hydrogens (tertiary/aromatic N) is 1. The minimum Gasteiger partial charge on any atom is -0.327 e. The van der Waals surface area contributed by atoms with Gasteiger partial charge in [0.05, 0.1) is 0 Å². The molecule has 3 N–H and O–H groups in total. The zero-order chi connectivity index (χ0) is 9.26.